The molecule has 0 aliphatic heterocycles. The maximum Gasteiger partial charge on any atom is 0.0346 e. The van der Waals surface area contributed by atoms with Crippen molar-refractivity contribution in [1.82, 2.24) is 10.3 Å². The zero-order valence-corrected chi connectivity index (χ0v) is 12.4. The number of rotatable bonds is 5. The van der Waals surface area contributed by atoms with E-state index in [0.717, 1.165) is 19.5 Å². The van der Waals surface area contributed by atoms with Crippen molar-refractivity contribution in [2.45, 2.75) is 26.4 Å². The Bertz CT molecular complexity index is 703. The first kappa shape index (κ1) is 13.3. The molecule has 0 unspecified atom stereocenters. The predicted octanol–water partition coefficient (Wildman–Crippen LogP) is 4.15. The van der Waals surface area contributed by atoms with Crippen molar-refractivity contribution in [3.05, 3.63) is 64.1 Å². The summed E-state index contributed by atoms with van der Waals surface area (Å²) in [5, 5.41) is 5.96. The molecule has 3 heteroatoms. The Morgan fingerprint density at radius 2 is 1.90 bits per heavy atom. The standard InChI is InChI=1S/C17H18N2S/c1-2-16-5-6-17(20-16)12-19-10-13-3-4-15-11-18-8-7-14(15)9-13/h3-9,11,19H,2,10,12H2,1H3. The molecule has 0 fully saturated rings. The topological polar surface area (TPSA) is 24.9 Å². The highest BCUT2D eigenvalue weighted by atomic mass is 32.1. The smallest absolute Gasteiger partial charge is 0.0346 e. The number of hydrogen-bond acceptors (Lipinski definition) is 3. The quantitative estimate of drug-likeness (QED) is 0.760. The van der Waals surface area contributed by atoms with Crippen molar-refractivity contribution in [2.24, 2.45) is 0 Å². The Hall–Kier alpha value is -1.71. The van der Waals surface area contributed by atoms with Gasteiger partial charge in [0.2, 0.25) is 0 Å². The summed E-state index contributed by atoms with van der Waals surface area (Å²) in [4.78, 5) is 7.01. The Labute approximate surface area is 123 Å². The minimum absolute atomic E-state index is 0.900. The van der Waals surface area contributed by atoms with Gasteiger partial charge in [0.05, 0.1) is 0 Å². The van der Waals surface area contributed by atoms with Crippen LogP contribution < -0.4 is 5.32 Å². The van der Waals surface area contributed by atoms with E-state index in [9.17, 15) is 0 Å². The van der Waals surface area contributed by atoms with Crippen LogP contribution in [0.25, 0.3) is 10.8 Å². The average Bonchev–Trinajstić information content (AvgIpc) is 2.95. The van der Waals surface area contributed by atoms with Gasteiger partial charge in [0.1, 0.15) is 0 Å². The number of fused-ring (bicyclic) bond motifs is 1. The molecule has 0 atom stereocenters. The van der Waals surface area contributed by atoms with Crippen LogP contribution in [0.1, 0.15) is 22.2 Å². The third-order valence-electron chi connectivity index (χ3n) is 3.40. The summed E-state index contributed by atoms with van der Waals surface area (Å²) >= 11 is 1.90. The molecule has 2 aromatic heterocycles. The van der Waals surface area contributed by atoms with E-state index in [0.29, 0.717) is 0 Å². The van der Waals surface area contributed by atoms with Gasteiger partial charge in [-0.25, -0.2) is 0 Å². The van der Waals surface area contributed by atoms with Gasteiger partial charge in [-0.1, -0.05) is 19.1 Å². The molecule has 2 nitrogen and oxygen atoms in total. The zero-order valence-electron chi connectivity index (χ0n) is 11.6. The molecule has 0 spiro atoms. The lowest BCUT2D eigenvalue weighted by atomic mass is 10.1. The number of aryl methyl sites for hydroxylation is 1. The van der Waals surface area contributed by atoms with E-state index in [4.69, 9.17) is 0 Å². The van der Waals surface area contributed by atoms with Crippen molar-refractivity contribution < 1.29 is 0 Å². The van der Waals surface area contributed by atoms with Crippen LogP contribution in [-0.2, 0) is 19.5 Å². The fourth-order valence-corrected chi connectivity index (χ4v) is 3.21. The van der Waals surface area contributed by atoms with Crippen LogP contribution in [0, 0.1) is 0 Å². The molecular formula is C17H18N2S. The number of hydrogen-bond donors (Lipinski definition) is 1. The number of nitrogens with one attached hydrogen (secondary N) is 1. The van der Waals surface area contributed by atoms with Gasteiger partial charge in [0.15, 0.2) is 0 Å². The van der Waals surface area contributed by atoms with Crippen LogP contribution in [0.15, 0.2) is 48.8 Å². The first-order chi connectivity index (χ1) is 9.85. The predicted molar refractivity (Wildman–Crippen MR) is 86.0 cm³/mol. The third kappa shape index (κ3) is 3.06. The van der Waals surface area contributed by atoms with E-state index in [-0.39, 0.29) is 0 Å². The first-order valence-electron chi connectivity index (χ1n) is 6.96. The molecule has 3 aromatic rings. The molecule has 0 amide bonds. The lowest BCUT2D eigenvalue weighted by molar-refractivity contribution is 0.701. The van der Waals surface area contributed by atoms with Crippen LogP contribution in [-0.4, -0.2) is 4.98 Å². The molecule has 1 aromatic carbocycles. The van der Waals surface area contributed by atoms with Crippen LogP contribution in [0.4, 0.5) is 0 Å². The van der Waals surface area contributed by atoms with Crippen molar-refractivity contribution in [3.63, 3.8) is 0 Å². The molecule has 0 aliphatic carbocycles. The maximum absolute atomic E-state index is 4.14. The molecule has 20 heavy (non-hydrogen) atoms. The van der Waals surface area contributed by atoms with Gasteiger partial charge < -0.3 is 5.32 Å². The lowest BCUT2D eigenvalue weighted by Crippen LogP contribution is -2.11. The second kappa shape index (κ2) is 6.16. The van der Waals surface area contributed by atoms with Crippen LogP contribution in [0.2, 0.25) is 0 Å². The number of benzene rings is 1. The summed E-state index contributed by atoms with van der Waals surface area (Å²) in [7, 11) is 0. The Balaban J connectivity index is 1.62. The number of pyridine rings is 1. The van der Waals surface area contributed by atoms with Crippen LogP contribution in [0.3, 0.4) is 0 Å². The van der Waals surface area contributed by atoms with Gasteiger partial charge in [-0.3, -0.25) is 4.98 Å². The van der Waals surface area contributed by atoms with Crippen molar-refractivity contribution >= 4 is 22.1 Å². The fourth-order valence-electron chi connectivity index (χ4n) is 2.28. The normalized spacial score (nSPS) is 11.1. The SMILES string of the molecule is CCc1ccc(CNCc2ccc3cnccc3c2)s1. The largest absolute Gasteiger partial charge is 0.308 e. The zero-order chi connectivity index (χ0) is 13.8. The first-order valence-corrected chi connectivity index (χ1v) is 7.78. The number of nitrogens with zero attached hydrogens (tertiary/aromatic N) is 1. The Kier molecular flexibility index (Phi) is 4.09. The van der Waals surface area contributed by atoms with E-state index in [1.165, 1.54) is 26.1 Å². The molecule has 102 valence electrons. The van der Waals surface area contributed by atoms with Gasteiger partial charge in [0.25, 0.3) is 0 Å². The molecule has 0 bridgehead atoms. The van der Waals surface area contributed by atoms with Gasteiger partial charge >= 0.3 is 0 Å². The second-order valence-corrected chi connectivity index (χ2v) is 6.14. The molecule has 0 aliphatic rings. The van der Waals surface area contributed by atoms with E-state index >= 15 is 0 Å². The van der Waals surface area contributed by atoms with E-state index in [2.05, 4.69) is 53.6 Å². The van der Waals surface area contributed by atoms with Crippen LogP contribution >= 0.6 is 11.3 Å². The fraction of sp³-hybridized carbons (Fsp3) is 0.235. The number of aromatic nitrogens is 1. The molecule has 0 saturated heterocycles. The highest BCUT2D eigenvalue weighted by molar-refractivity contribution is 7.11. The highest BCUT2D eigenvalue weighted by Gasteiger charge is 2.00. The summed E-state index contributed by atoms with van der Waals surface area (Å²) in [6.07, 6.45) is 4.88. The molecule has 0 radical (unpaired) electrons. The Morgan fingerprint density at radius 3 is 2.75 bits per heavy atom. The number of thiophene rings is 1. The molecular weight excluding hydrogens is 264 g/mol. The molecule has 1 N–H and O–H groups in total. The van der Waals surface area contributed by atoms with Crippen molar-refractivity contribution in [3.8, 4) is 0 Å². The minimum Gasteiger partial charge on any atom is -0.308 e. The van der Waals surface area contributed by atoms with Gasteiger partial charge in [-0.05, 0) is 41.6 Å². The molecule has 0 saturated carbocycles. The van der Waals surface area contributed by atoms with Crippen molar-refractivity contribution in [1.29, 1.82) is 0 Å². The summed E-state index contributed by atoms with van der Waals surface area (Å²) in [5.74, 6) is 0. The summed E-state index contributed by atoms with van der Waals surface area (Å²) in [5.41, 5.74) is 1.32. The highest BCUT2D eigenvalue weighted by Crippen LogP contribution is 2.17. The average molecular weight is 282 g/mol. The summed E-state index contributed by atoms with van der Waals surface area (Å²) in [6, 6.07) is 13.1. The van der Waals surface area contributed by atoms with Gasteiger partial charge in [0, 0.05) is 40.6 Å². The van der Waals surface area contributed by atoms with Crippen molar-refractivity contribution in [2.75, 3.05) is 0 Å². The monoisotopic (exact) mass is 282 g/mol. The van der Waals surface area contributed by atoms with E-state index in [1.807, 2.05) is 23.7 Å². The third-order valence-corrected chi connectivity index (χ3v) is 4.63. The Morgan fingerprint density at radius 1 is 1.00 bits per heavy atom. The second-order valence-electron chi connectivity index (χ2n) is 4.88. The molecule has 3 rings (SSSR count). The summed E-state index contributed by atoms with van der Waals surface area (Å²) < 4.78 is 0. The van der Waals surface area contributed by atoms with Crippen LogP contribution in [0.5, 0.6) is 0 Å². The van der Waals surface area contributed by atoms with E-state index < -0.39 is 0 Å². The molecule has 2 heterocycles. The maximum atomic E-state index is 4.14. The van der Waals surface area contributed by atoms with Gasteiger partial charge in [-0.2, -0.15) is 0 Å². The lowest BCUT2D eigenvalue weighted by Gasteiger charge is -2.05. The van der Waals surface area contributed by atoms with E-state index in [1.54, 1.807) is 0 Å². The van der Waals surface area contributed by atoms with Gasteiger partial charge in [-0.15, -0.1) is 11.3 Å². The summed E-state index contributed by atoms with van der Waals surface area (Å²) in [6.45, 7) is 4.05. The minimum atomic E-state index is 0.900.